The molecule has 0 spiro atoms. The summed E-state index contributed by atoms with van der Waals surface area (Å²) in [6, 6.07) is 13.5. The van der Waals surface area contributed by atoms with E-state index in [4.69, 9.17) is 0 Å². The number of aromatic nitrogens is 1. The third kappa shape index (κ3) is 5.37. The molecular weight excluding hydrogens is 340 g/mol. The quantitative estimate of drug-likeness (QED) is 0.837. The van der Waals surface area contributed by atoms with Crippen molar-refractivity contribution < 1.29 is 9.59 Å². The number of nitrogens with zero attached hydrogens (tertiary/aromatic N) is 3. The highest BCUT2D eigenvalue weighted by Crippen LogP contribution is 2.21. The summed E-state index contributed by atoms with van der Waals surface area (Å²) in [5, 5.41) is 2.85. The number of piperazine rings is 1. The van der Waals surface area contributed by atoms with E-state index >= 15 is 0 Å². The van der Waals surface area contributed by atoms with Crippen LogP contribution in [0.5, 0.6) is 0 Å². The van der Waals surface area contributed by atoms with E-state index in [-0.39, 0.29) is 24.3 Å². The lowest BCUT2D eigenvalue weighted by Crippen LogP contribution is -2.50. The van der Waals surface area contributed by atoms with Crippen molar-refractivity contribution in [2.75, 3.05) is 39.8 Å². The number of likely N-dealkylation sites (N-methyl/N-ethyl adjacent to an activating group) is 1. The summed E-state index contributed by atoms with van der Waals surface area (Å²) in [7, 11) is 2.05. The van der Waals surface area contributed by atoms with E-state index in [0.29, 0.717) is 19.5 Å². The average Bonchev–Trinajstić information content (AvgIpc) is 2.72. The normalized spacial score (nSPS) is 16.0. The molecule has 0 aliphatic carbocycles. The highest BCUT2D eigenvalue weighted by molar-refractivity contribution is 5.88. The van der Waals surface area contributed by atoms with E-state index in [1.54, 1.807) is 12.4 Å². The second-order valence-corrected chi connectivity index (χ2v) is 6.93. The smallest absolute Gasteiger partial charge is 0.242 e. The molecule has 6 heteroatoms. The van der Waals surface area contributed by atoms with Crippen LogP contribution in [0.4, 0.5) is 0 Å². The number of nitrogens with one attached hydrogen (secondary N) is 1. The lowest BCUT2D eigenvalue weighted by Gasteiger charge is -2.32. The van der Waals surface area contributed by atoms with Crippen molar-refractivity contribution >= 4 is 11.8 Å². The summed E-state index contributed by atoms with van der Waals surface area (Å²) < 4.78 is 0. The maximum absolute atomic E-state index is 12.9. The second-order valence-electron chi connectivity index (χ2n) is 6.93. The highest BCUT2D eigenvalue weighted by Gasteiger charge is 2.24. The third-order valence-electron chi connectivity index (χ3n) is 4.95. The first-order valence-electron chi connectivity index (χ1n) is 9.31. The van der Waals surface area contributed by atoms with Gasteiger partial charge >= 0.3 is 0 Å². The first kappa shape index (κ1) is 19.0. The first-order valence-corrected chi connectivity index (χ1v) is 9.31. The average molecular weight is 366 g/mol. The van der Waals surface area contributed by atoms with Gasteiger partial charge in [0, 0.05) is 38.6 Å². The van der Waals surface area contributed by atoms with Gasteiger partial charge in [-0.15, -0.1) is 0 Å². The first-order chi connectivity index (χ1) is 13.1. The zero-order valence-corrected chi connectivity index (χ0v) is 15.7. The van der Waals surface area contributed by atoms with E-state index in [1.165, 1.54) is 0 Å². The van der Waals surface area contributed by atoms with Crippen LogP contribution in [-0.4, -0.2) is 66.4 Å². The van der Waals surface area contributed by atoms with E-state index < -0.39 is 0 Å². The molecule has 1 aliphatic rings. The van der Waals surface area contributed by atoms with Gasteiger partial charge in [0.1, 0.15) is 0 Å². The molecular formula is C21H26N4O2. The molecule has 2 amide bonds. The molecule has 1 fully saturated rings. The molecule has 1 N–H and O–H groups in total. The Morgan fingerprint density at radius 2 is 1.81 bits per heavy atom. The lowest BCUT2D eigenvalue weighted by molar-refractivity contribution is -0.134. The number of pyridine rings is 1. The number of carbonyl (C=O) groups is 2. The fraction of sp³-hybridized carbons (Fsp3) is 0.381. The molecule has 0 bridgehead atoms. The SMILES string of the molecule is CN1CCN(C(=O)CNC(=O)C(Cc2cccnc2)c2ccccc2)CC1. The van der Waals surface area contributed by atoms with Crippen molar-refractivity contribution in [2.24, 2.45) is 0 Å². The van der Waals surface area contributed by atoms with Crippen molar-refractivity contribution in [3.63, 3.8) is 0 Å². The number of hydrogen-bond donors (Lipinski definition) is 1. The van der Waals surface area contributed by atoms with Gasteiger partial charge in [0.05, 0.1) is 12.5 Å². The van der Waals surface area contributed by atoms with Gasteiger partial charge < -0.3 is 15.1 Å². The van der Waals surface area contributed by atoms with Crippen molar-refractivity contribution in [1.82, 2.24) is 20.1 Å². The Morgan fingerprint density at radius 3 is 2.48 bits per heavy atom. The molecule has 3 rings (SSSR count). The zero-order valence-electron chi connectivity index (χ0n) is 15.7. The predicted molar refractivity (Wildman–Crippen MR) is 104 cm³/mol. The van der Waals surface area contributed by atoms with Crippen LogP contribution in [0.2, 0.25) is 0 Å². The van der Waals surface area contributed by atoms with Crippen LogP contribution < -0.4 is 5.32 Å². The Labute approximate surface area is 160 Å². The molecule has 1 aromatic carbocycles. The van der Waals surface area contributed by atoms with Gasteiger partial charge in [-0.1, -0.05) is 36.4 Å². The summed E-state index contributed by atoms with van der Waals surface area (Å²) in [5.74, 6) is -0.507. The van der Waals surface area contributed by atoms with Crippen molar-refractivity contribution in [2.45, 2.75) is 12.3 Å². The predicted octanol–water partition coefficient (Wildman–Crippen LogP) is 1.30. The van der Waals surface area contributed by atoms with Crippen molar-refractivity contribution in [3.05, 3.63) is 66.0 Å². The largest absolute Gasteiger partial charge is 0.346 e. The molecule has 27 heavy (non-hydrogen) atoms. The van der Waals surface area contributed by atoms with E-state index in [1.807, 2.05) is 54.4 Å². The standard InChI is InChI=1S/C21H26N4O2/c1-24-10-12-25(13-11-24)20(26)16-23-21(27)19(18-7-3-2-4-8-18)14-17-6-5-9-22-15-17/h2-9,15,19H,10-14,16H2,1H3,(H,23,27). The molecule has 0 saturated carbocycles. The van der Waals surface area contributed by atoms with Gasteiger partial charge in [-0.05, 0) is 30.7 Å². The summed E-state index contributed by atoms with van der Waals surface area (Å²) in [5.41, 5.74) is 1.93. The number of amides is 2. The van der Waals surface area contributed by atoms with Gasteiger partial charge in [0.15, 0.2) is 0 Å². The monoisotopic (exact) mass is 366 g/mol. The minimum Gasteiger partial charge on any atom is -0.346 e. The fourth-order valence-electron chi connectivity index (χ4n) is 3.26. The Bertz CT molecular complexity index is 743. The molecule has 2 heterocycles. The number of carbonyl (C=O) groups excluding carboxylic acids is 2. The molecule has 1 saturated heterocycles. The van der Waals surface area contributed by atoms with Gasteiger partial charge in [-0.2, -0.15) is 0 Å². The third-order valence-corrected chi connectivity index (χ3v) is 4.95. The molecule has 1 aliphatic heterocycles. The van der Waals surface area contributed by atoms with Crippen molar-refractivity contribution in [3.8, 4) is 0 Å². The summed E-state index contributed by atoms with van der Waals surface area (Å²) >= 11 is 0. The minimum atomic E-state index is -0.351. The van der Waals surface area contributed by atoms with Crippen LogP contribution in [0.3, 0.4) is 0 Å². The Morgan fingerprint density at radius 1 is 1.07 bits per heavy atom. The van der Waals surface area contributed by atoms with Crippen LogP contribution in [0.25, 0.3) is 0 Å². The number of benzene rings is 1. The second kappa shape index (κ2) is 9.28. The maximum atomic E-state index is 12.9. The molecule has 142 valence electrons. The highest BCUT2D eigenvalue weighted by atomic mass is 16.2. The molecule has 6 nitrogen and oxygen atoms in total. The molecule has 2 aromatic rings. The molecule has 0 radical (unpaired) electrons. The number of hydrogen-bond acceptors (Lipinski definition) is 4. The Hall–Kier alpha value is -2.73. The van der Waals surface area contributed by atoms with Gasteiger partial charge in [0.2, 0.25) is 11.8 Å². The van der Waals surface area contributed by atoms with Gasteiger partial charge in [-0.3, -0.25) is 14.6 Å². The van der Waals surface area contributed by atoms with Crippen LogP contribution in [-0.2, 0) is 16.0 Å². The van der Waals surface area contributed by atoms with Crippen molar-refractivity contribution in [1.29, 1.82) is 0 Å². The van der Waals surface area contributed by atoms with Gasteiger partial charge in [0.25, 0.3) is 0 Å². The van der Waals surface area contributed by atoms with Crippen LogP contribution in [0.1, 0.15) is 17.0 Å². The van der Waals surface area contributed by atoms with Crippen LogP contribution in [0, 0.1) is 0 Å². The lowest BCUT2D eigenvalue weighted by atomic mass is 9.92. The summed E-state index contributed by atoms with van der Waals surface area (Å²) in [4.78, 5) is 33.4. The van der Waals surface area contributed by atoms with Crippen LogP contribution in [0.15, 0.2) is 54.9 Å². The fourth-order valence-corrected chi connectivity index (χ4v) is 3.26. The Kier molecular flexibility index (Phi) is 6.54. The maximum Gasteiger partial charge on any atom is 0.242 e. The van der Waals surface area contributed by atoms with E-state index in [9.17, 15) is 9.59 Å². The molecule has 1 atom stereocenters. The van der Waals surface area contributed by atoms with Gasteiger partial charge in [-0.25, -0.2) is 0 Å². The topological polar surface area (TPSA) is 65.5 Å². The number of rotatable bonds is 6. The Balaban J connectivity index is 1.63. The minimum absolute atomic E-state index is 0.0235. The van der Waals surface area contributed by atoms with Crippen LogP contribution >= 0.6 is 0 Å². The van der Waals surface area contributed by atoms with E-state index in [2.05, 4.69) is 15.2 Å². The molecule has 1 aromatic heterocycles. The zero-order chi connectivity index (χ0) is 19.1. The summed E-state index contributed by atoms with van der Waals surface area (Å²) in [6.07, 6.45) is 4.04. The molecule has 1 unspecified atom stereocenters. The van der Waals surface area contributed by atoms with E-state index in [0.717, 1.165) is 24.2 Å². The summed E-state index contributed by atoms with van der Waals surface area (Å²) in [6.45, 7) is 3.20.